The Kier molecular flexibility index (Phi) is 8.59. The molecule has 0 radical (unpaired) electrons. The highest BCUT2D eigenvalue weighted by atomic mass is 16.3. The minimum Gasteiger partial charge on any atom is -0.507 e. The fraction of sp³-hybridized carbons (Fsp3) is 0.333. The van der Waals surface area contributed by atoms with Gasteiger partial charge in [0.25, 0.3) is 0 Å². The first-order valence-corrected chi connectivity index (χ1v) is 17.5. The largest absolute Gasteiger partial charge is 0.507 e. The van der Waals surface area contributed by atoms with Crippen LogP contribution in [0.1, 0.15) is 104 Å². The van der Waals surface area contributed by atoms with Gasteiger partial charge in [0.15, 0.2) is 0 Å². The van der Waals surface area contributed by atoms with E-state index in [1.807, 2.05) is 24.4 Å². The molecule has 0 amide bonds. The molecule has 2 aromatic heterocycles. The third-order valence-electron chi connectivity index (χ3n) is 9.58. The van der Waals surface area contributed by atoms with Gasteiger partial charge in [-0.3, -0.25) is 9.55 Å². The molecule has 0 spiro atoms. The van der Waals surface area contributed by atoms with Gasteiger partial charge in [0.05, 0.1) is 28.0 Å². The Labute approximate surface area is 292 Å². The molecule has 252 valence electrons. The highest BCUT2D eigenvalue weighted by Crippen LogP contribution is 2.43. The lowest BCUT2D eigenvalue weighted by atomic mass is 9.82. The van der Waals surface area contributed by atoms with E-state index in [9.17, 15) is 5.11 Å². The van der Waals surface area contributed by atoms with Crippen molar-refractivity contribution in [2.24, 2.45) is 0 Å². The Morgan fingerprint density at radius 2 is 1.29 bits per heavy atom. The van der Waals surface area contributed by atoms with Gasteiger partial charge in [-0.1, -0.05) is 125 Å². The normalized spacial score (nSPS) is 12.7. The average Bonchev–Trinajstić information content (AvgIpc) is 3.42. The quantitative estimate of drug-likeness (QED) is 0.202. The summed E-state index contributed by atoms with van der Waals surface area (Å²) in [5, 5.41) is 11.3. The molecule has 4 nitrogen and oxygen atoms in total. The summed E-state index contributed by atoms with van der Waals surface area (Å²) in [4.78, 5) is 10.3. The number of phenolic OH excluding ortho intramolecular Hbond substituents is 1. The third-order valence-corrected chi connectivity index (χ3v) is 9.58. The number of hydrogen-bond acceptors (Lipinski definition) is 3. The summed E-state index contributed by atoms with van der Waals surface area (Å²) in [6.45, 7) is 24.8. The van der Waals surface area contributed by atoms with Gasteiger partial charge in [-0.05, 0) is 92.4 Å². The van der Waals surface area contributed by atoms with E-state index < -0.39 is 0 Å². The molecule has 6 rings (SSSR count). The van der Waals surface area contributed by atoms with Crippen molar-refractivity contribution in [3.8, 4) is 45.2 Å². The fourth-order valence-corrected chi connectivity index (χ4v) is 6.70. The molecule has 6 aromatic rings. The molecule has 0 saturated heterocycles. The van der Waals surface area contributed by atoms with Gasteiger partial charge in [-0.15, -0.1) is 0 Å². The Hall–Kier alpha value is -4.70. The lowest BCUT2D eigenvalue weighted by Crippen LogP contribution is -2.18. The van der Waals surface area contributed by atoms with Crippen LogP contribution < -0.4 is 0 Å². The van der Waals surface area contributed by atoms with E-state index in [2.05, 4.69) is 147 Å². The van der Waals surface area contributed by atoms with Gasteiger partial charge < -0.3 is 5.11 Å². The van der Waals surface area contributed by atoms with Crippen molar-refractivity contribution in [3.05, 3.63) is 119 Å². The van der Waals surface area contributed by atoms with Gasteiger partial charge in [-0.25, -0.2) is 4.98 Å². The van der Waals surface area contributed by atoms with Crippen LogP contribution >= 0.6 is 0 Å². The molecule has 0 fully saturated rings. The molecule has 0 unspecified atom stereocenters. The number of hydrogen-bond donors (Lipinski definition) is 1. The van der Waals surface area contributed by atoms with Crippen molar-refractivity contribution in [3.63, 3.8) is 0 Å². The van der Waals surface area contributed by atoms with Crippen molar-refractivity contribution in [2.75, 3.05) is 0 Å². The summed E-state index contributed by atoms with van der Waals surface area (Å²) in [6.07, 6.45) is 1.93. The lowest BCUT2D eigenvalue weighted by Gasteiger charge is -2.28. The summed E-state index contributed by atoms with van der Waals surface area (Å²) >= 11 is 0. The minimum absolute atomic E-state index is 0.0121. The van der Waals surface area contributed by atoms with Gasteiger partial charge in [0.1, 0.15) is 11.6 Å². The molecule has 4 heteroatoms. The second-order valence-corrected chi connectivity index (χ2v) is 16.8. The predicted octanol–water partition coefficient (Wildman–Crippen LogP) is 12.1. The molecular weight excluding hydrogens is 599 g/mol. The number of para-hydroxylation sites is 3. The van der Waals surface area contributed by atoms with E-state index in [4.69, 9.17) is 9.97 Å². The SMILES string of the molecule is CC(C)c1cccc(C(C)(C)C)c1-n1c(-c2ccccc2O)nc2c(-c3cc(-c4cc(C(C)(C)C)ccn4)cc(C(C)(C)C)c3)cccc21. The second-order valence-electron chi connectivity index (χ2n) is 16.8. The maximum Gasteiger partial charge on any atom is 0.149 e. The number of rotatable bonds is 5. The molecular formula is C45H51N3O. The number of pyridine rings is 1. The Morgan fingerprint density at radius 1 is 0.633 bits per heavy atom. The van der Waals surface area contributed by atoms with E-state index in [0.29, 0.717) is 5.56 Å². The minimum atomic E-state index is -0.130. The van der Waals surface area contributed by atoms with Gasteiger partial charge in [-0.2, -0.15) is 0 Å². The van der Waals surface area contributed by atoms with Crippen LogP contribution in [0.25, 0.3) is 50.5 Å². The topological polar surface area (TPSA) is 50.9 Å². The van der Waals surface area contributed by atoms with Crippen LogP contribution in [0.5, 0.6) is 5.75 Å². The maximum absolute atomic E-state index is 11.3. The number of benzene rings is 4. The lowest BCUT2D eigenvalue weighted by molar-refractivity contribution is 0.477. The number of nitrogens with zero attached hydrogens (tertiary/aromatic N) is 3. The monoisotopic (exact) mass is 649 g/mol. The van der Waals surface area contributed by atoms with Crippen LogP contribution in [0.3, 0.4) is 0 Å². The van der Waals surface area contributed by atoms with Gasteiger partial charge >= 0.3 is 0 Å². The van der Waals surface area contributed by atoms with E-state index in [0.717, 1.165) is 44.9 Å². The van der Waals surface area contributed by atoms with Crippen LogP contribution in [0.4, 0.5) is 0 Å². The number of aromatic nitrogens is 3. The second kappa shape index (κ2) is 12.3. The first-order valence-electron chi connectivity index (χ1n) is 17.5. The third kappa shape index (κ3) is 6.54. The summed E-state index contributed by atoms with van der Waals surface area (Å²) in [5.41, 5.74) is 12.7. The molecule has 1 N–H and O–H groups in total. The van der Waals surface area contributed by atoms with Crippen LogP contribution in [-0.4, -0.2) is 19.6 Å². The Morgan fingerprint density at radius 3 is 1.94 bits per heavy atom. The number of aromatic hydroxyl groups is 1. The summed E-state index contributed by atoms with van der Waals surface area (Å²) in [5.74, 6) is 1.21. The molecule has 0 saturated carbocycles. The number of phenols is 1. The maximum atomic E-state index is 11.3. The average molecular weight is 650 g/mol. The summed E-state index contributed by atoms with van der Waals surface area (Å²) < 4.78 is 2.30. The molecule has 0 aliphatic rings. The molecule has 2 heterocycles. The molecule has 4 aromatic carbocycles. The number of imidazole rings is 1. The van der Waals surface area contributed by atoms with Gasteiger partial charge in [0.2, 0.25) is 0 Å². The van der Waals surface area contributed by atoms with E-state index in [1.165, 1.54) is 22.3 Å². The smallest absolute Gasteiger partial charge is 0.149 e. The molecule has 0 bridgehead atoms. The highest BCUT2D eigenvalue weighted by molar-refractivity contribution is 5.97. The van der Waals surface area contributed by atoms with Crippen molar-refractivity contribution < 1.29 is 5.11 Å². The Balaban J connectivity index is 1.71. The van der Waals surface area contributed by atoms with E-state index in [1.54, 1.807) is 6.07 Å². The van der Waals surface area contributed by atoms with Crippen molar-refractivity contribution >= 4 is 11.0 Å². The predicted molar refractivity (Wildman–Crippen MR) is 207 cm³/mol. The van der Waals surface area contributed by atoms with E-state index in [-0.39, 0.29) is 27.9 Å². The fourth-order valence-electron chi connectivity index (χ4n) is 6.70. The Bertz CT molecular complexity index is 2160. The zero-order valence-electron chi connectivity index (χ0n) is 31.1. The molecule has 0 aliphatic carbocycles. The van der Waals surface area contributed by atoms with Crippen LogP contribution in [0.15, 0.2) is 97.2 Å². The van der Waals surface area contributed by atoms with Crippen molar-refractivity contribution in [2.45, 2.75) is 98.3 Å². The molecule has 0 atom stereocenters. The first-order chi connectivity index (χ1) is 22.9. The molecule has 49 heavy (non-hydrogen) atoms. The van der Waals surface area contributed by atoms with Crippen molar-refractivity contribution in [1.29, 1.82) is 0 Å². The number of fused-ring (bicyclic) bond motifs is 1. The standard InChI is InChI=1S/C45H51N3O/c1-28(2)33-17-14-19-36(45(9,10)11)41(33)48-38-20-15-18-34(40(38)47-42(48)35-16-12-13-21-39(35)49)29-24-30(26-32(25-29)44(6,7)8)37-27-31(22-23-46-37)43(3,4)5/h12-28,49H,1-11H3. The molecule has 0 aliphatic heterocycles. The highest BCUT2D eigenvalue weighted by Gasteiger charge is 2.28. The van der Waals surface area contributed by atoms with Crippen LogP contribution in [0, 0.1) is 0 Å². The van der Waals surface area contributed by atoms with E-state index >= 15 is 0 Å². The summed E-state index contributed by atoms with van der Waals surface area (Å²) in [7, 11) is 0. The van der Waals surface area contributed by atoms with Crippen LogP contribution in [0.2, 0.25) is 0 Å². The zero-order valence-corrected chi connectivity index (χ0v) is 31.1. The zero-order chi connectivity index (χ0) is 35.5. The van der Waals surface area contributed by atoms with Crippen molar-refractivity contribution in [1.82, 2.24) is 14.5 Å². The van der Waals surface area contributed by atoms with Gasteiger partial charge in [0, 0.05) is 17.3 Å². The first kappa shape index (κ1) is 34.2. The van der Waals surface area contributed by atoms with Crippen LogP contribution in [-0.2, 0) is 16.2 Å². The summed E-state index contributed by atoms with van der Waals surface area (Å²) in [6, 6.07) is 31.9.